The standard InChI is InChI=1S/C21H24N2O3S.ClH/c1-4-18(24)15-10-11-20-17(14-15)23(16-8-5-6-9-19(16)27-20)21(25)26-13-7-12-22(2)3;/h5-6,8-11,14H,4,7,12-13H2,1-3H3;1H. The number of ether oxygens (including phenoxy) is 1. The van der Waals surface area contributed by atoms with Crippen LogP contribution < -0.4 is 4.90 Å². The molecular formula is C21H25ClN2O3S. The molecule has 0 spiro atoms. The molecule has 28 heavy (non-hydrogen) atoms. The lowest BCUT2D eigenvalue weighted by molar-refractivity contribution is 0.0988. The molecule has 0 N–H and O–H groups in total. The molecule has 0 bridgehead atoms. The van der Waals surface area contributed by atoms with Gasteiger partial charge in [-0.2, -0.15) is 0 Å². The fourth-order valence-corrected chi connectivity index (χ4v) is 3.97. The normalized spacial score (nSPS) is 12.1. The molecule has 5 nitrogen and oxygen atoms in total. The van der Waals surface area contributed by atoms with E-state index in [4.69, 9.17) is 4.74 Å². The first-order chi connectivity index (χ1) is 13.0. The van der Waals surface area contributed by atoms with Crippen molar-refractivity contribution in [2.45, 2.75) is 29.6 Å². The first-order valence-electron chi connectivity index (χ1n) is 9.07. The molecule has 0 aliphatic carbocycles. The maximum Gasteiger partial charge on any atom is 0.419 e. The number of amides is 1. The first-order valence-corrected chi connectivity index (χ1v) is 9.88. The van der Waals surface area contributed by atoms with Gasteiger partial charge in [-0.15, -0.1) is 12.4 Å². The van der Waals surface area contributed by atoms with E-state index in [9.17, 15) is 9.59 Å². The SMILES string of the molecule is CCC(=O)c1ccc2c(c1)N(C(=O)OCCCN(C)C)c1ccccc1S2.Cl. The predicted octanol–water partition coefficient (Wildman–Crippen LogP) is 5.39. The van der Waals surface area contributed by atoms with Gasteiger partial charge < -0.3 is 9.64 Å². The minimum Gasteiger partial charge on any atom is -0.449 e. The van der Waals surface area contributed by atoms with Crippen LogP contribution in [0.2, 0.25) is 0 Å². The number of ketones is 1. The Kier molecular flexibility index (Phi) is 7.92. The van der Waals surface area contributed by atoms with E-state index in [0.717, 1.165) is 28.4 Å². The third-order valence-corrected chi connectivity index (χ3v) is 5.46. The molecule has 2 aromatic rings. The smallest absolute Gasteiger partial charge is 0.419 e. The molecular weight excluding hydrogens is 396 g/mol. The lowest BCUT2D eigenvalue weighted by atomic mass is 10.1. The summed E-state index contributed by atoms with van der Waals surface area (Å²) in [7, 11) is 3.98. The molecule has 0 saturated carbocycles. The summed E-state index contributed by atoms with van der Waals surface area (Å²) in [5.41, 5.74) is 2.10. The Bertz CT molecular complexity index is 857. The molecule has 7 heteroatoms. The van der Waals surface area contributed by atoms with Gasteiger partial charge in [0.15, 0.2) is 5.78 Å². The zero-order chi connectivity index (χ0) is 19.4. The molecule has 1 heterocycles. The number of fused-ring (bicyclic) bond motifs is 2. The Labute approximate surface area is 176 Å². The lowest BCUT2D eigenvalue weighted by Crippen LogP contribution is -2.30. The number of halogens is 1. The largest absolute Gasteiger partial charge is 0.449 e. The van der Waals surface area contributed by atoms with Crippen molar-refractivity contribution in [3.8, 4) is 0 Å². The second-order valence-electron chi connectivity index (χ2n) is 6.64. The fraction of sp³-hybridized carbons (Fsp3) is 0.333. The van der Waals surface area contributed by atoms with Crippen LogP contribution in [-0.4, -0.2) is 44.0 Å². The summed E-state index contributed by atoms with van der Waals surface area (Å²) in [6, 6.07) is 13.3. The molecule has 150 valence electrons. The van der Waals surface area contributed by atoms with Gasteiger partial charge in [0.1, 0.15) is 0 Å². The van der Waals surface area contributed by atoms with E-state index >= 15 is 0 Å². The number of rotatable bonds is 6. The van der Waals surface area contributed by atoms with E-state index in [-0.39, 0.29) is 18.2 Å². The van der Waals surface area contributed by atoms with Gasteiger partial charge in [0, 0.05) is 28.3 Å². The summed E-state index contributed by atoms with van der Waals surface area (Å²) < 4.78 is 5.54. The molecule has 0 atom stereocenters. The van der Waals surface area contributed by atoms with Crippen LogP contribution in [0.25, 0.3) is 0 Å². The molecule has 1 aliphatic heterocycles. The molecule has 0 radical (unpaired) electrons. The highest BCUT2D eigenvalue weighted by Gasteiger charge is 2.30. The number of hydrogen-bond acceptors (Lipinski definition) is 5. The minimum absolute atomic E-state index is 0. The van der Waals surface area contributed by atoms with Crippen molar-refractivity contribution in [1.82, 2.24) is 4.90 Å². The zero-order valence-corrected chi connectivity index (χ0v) is 17.9. The van der Waals surface area contributed by atoms with Crippen LogP contribution in [0.5, 0.6) is 0 Å². The maximum absolute atomic E-state index is 12.9. The highest BCUT2D eigenvalue weighted by Crippen LogP contribution is 2.48. The second kappa shape index (κ2) is 9.96. The van der Waals surface area contributed by atoms with Gasteiger partial charge in [0.25, 0.3) is 0 Å². The average Bonchev–Trinajstić information content (AvgIpc) is 2.68. The van der Waals surface area contributed by atoms with Gasteiger partial charge in [-0.25, -0.2) is 9.69 Å². The van der Waals surface area contributed by atoms with Crippen LogP contribution in [0.15, 0.2) is 52.3 Å². The molecule has 0 saturated heterocycles. The second-order valence-corrected chi connectivity index (χ2v) is 7.72. The number of Topliss-reactive ketones (excluding diaryl/α,β-unsaturated/α-hetero) is 1. The molecule has 3 rings (SSSR count). The van der Waals surface area contributed by atoms with E-state index in [0.29, 0.717) is 24.3 Å². The highest BCUT2D eigenvalue weighted by atomic mass is 35.5. The molecule has 0 aromatic heterocycles. The van der Waals surface area contributed by atoms with Crippen LogP contribution in [0.1, 0.15) is 30.1 Å². The Hall–Kier alpha value is -2.02. The summed E-state index contributed by atoms with van der Waals surface area (Å²) in [5.74, 6) is 0.0564. The summed E-state index contributed by atoms with van der Waals surface area (Å²) in [5, 5.41) is 0. The molecule has 1 amide bonds. The van der Waals surface area contributed by atoms with Crippen LogP contribution >= 0.6 is 24.2 Å². The number of hydrogen-bond donors (Lipinski definition) is 0. The number of anilines is 2. The van der Waals surface area contributed by atoms with Crippen molar-refractivity contribution in [3.63, 3.8) is 0 Å². The number of carbonyl (C=O) groups excluding carboxylic acids is 2. The van der Waals surface area contributed by atoms with Crippen LogP contribution in [0, 0.1) is 0 Å². The van der Waals surface area contributed by atoms with Crippen molar-refractivity contribution in [3.05, 3.63) is 48.0 Å². The highest BCUT2D eigenvalue weighted by molar-refractivity contribution is 7.99. The van der Waals surface area contributed by atoms with Crippen molar-refractivity contribution in [2.75, 3.05) is 32.1 Å². The summed E-state index contributed by atoms with van der Waals surface area (Å²) in [6.07, 6.45) is 0.783. The fourth-order valence-electron chi connectivity index (χ4n) is 2.93. The number of para-hydroxylation sites is 1. The average molecular weight is 421 g/mol. The van der Waals surface area contributed by atoms with E-state index in [1.807, 2.05) is 57.4 Å². The van der Waals surface area contributed by atoms with E-state index in [2.05, 4.69) is 4.90 Å². The van der Waals surface area contributed by atoms with Gasteiger partial charge in [-0.1, -0.05) is 36.9 Å². The molecule has 1 aliphatic rings. The van der Waals surface area contributed by atoms with Crippen molar-refractivity contribution >= 4 is 47.4 Å². The Balaban J connectivity index is 0.00000280. The Morgan fingerprint density at radius 1 is 1.07 bits per heavy atom. The number of benzene rings is 2. The van der Waals surface area contributed by atoms with Gasteiger partial charge in [0.05, 0.1) is 18.0 Å². The van der Waals surface area contributed by atoms with Crippen LogP contribution in [0.3, 0.4) is 0 Å². The van der Waals surface area contributed by atoms with Crippen molar-refractivity contribution < 1.29 is 14.3 Å². The third-order valence-electron chi connectivity index (χ3n) is 4.33. The Morgan fingerprint density at radius 2 is 1.79 bits per heavy atom. The Morgan fingerprint density at radius 3 is 2.50 bits per heavy atom. The maximum atomic E-state index is 12.9. The lowest BCUT2D eigenvalue weighted by Gasteiger charge is -2.30. The molecule has 0 fully saturated rings. The van der Waals surface area contributed by atoms with Gasteiger partial charge in [0.2, 0.25) is 0 Å². The van der Waals surface area contributed by atoms with Crippen molar-refractivity contribution in [1.29, 1.82) is 0 Å². The van der Waals surface area contributed by atoms with E-state index in [1.54, 1.807) is 22.7 Å². The third kappa shape index (κ3) is 4.87. The predicted molar refractivity (Wildman–Crippen MR) is 116 cm³/mol. The zero-order valence-electron chi connectivity index (χ0n) is 16.3. The first kappa shape index (κ1) is 22.3. The van der Waals surface area contributed by atoms with E-state index < -0.39 is 6.09 Å². The quantitative estimate of drug-likeness (QED) is 0.463. The minimum atomic E-state index is -0.413. The summed E-state index contributed by atoms with van der Waals surface area (Å²) >= 11 is 1.60. The molecule has 0 unspecified atom stereocenters. The number of carbonyl (C=O) groups is 2. The van der Waals surface area contributed by atoms with Gasteiger partial charge in [-0.3, -0.25) is 4.79 Å². The monoisotopic (exact) mass is 420 g/mol. The number of nitrogens with zero attached hydrogens (tertiary/aromatic N) is 2. The van der Waals surface area contributed by atoms with Gasteiger partial charge in [-0.05, 0) is 44.8 Å². The van der Waals surface area contributed by atoms with Crippen molar-refractivity contribution in [2.24, 2.45) is 0 Å². The van der Waals surface area contributed by atoms with Crippen LogP contribution in [-0.2, 0) is 4.74 Å². The van der Waals surface area contributed by atoms with Crippen LogP contribution in [0.4, 0.5) is 16.2 Å². The van der Waals surface area contributed by atoms with E-state index in [1.165, 1.54) is 0 Å². The topological polar surface area (TPSA) is 49.9 Å². The summed E-state index contributed by atoms with van der Waals surface area (Å²) in [4.78, 5) is 30.6. The molecule has 2 aromatic carbocycles. The van der Waals surface area contributed by atoms with Gasteiger partial charge >= 0.3 is 6.09 Å². The summed E-state index contributed by atoms with van der Waals surface area (Å²) in [6.45, 7) is 3.04.